The number of carbonyl (C=O) groups is 2. The highest BCUT2D eigenvalue weighted by molar-refractivity contribution is 7.92. The van der Waals surface area contributed by atoms with E-state index in [0.29, 0.717) is 10.6 Å². The summed E-state index contributed by atoms with van der Waals surface area (Å²) in [7, 11) is -2.51. The number of hydrogen-bond donors (Lipinski definition) is 1. The van der Waals surface area contributed by atoms with E-state index in [1.54, 1.807) is 24.3 Å². The zero-order valence-electron chi connectivity index (χ0n) is 20.2. The molecule has 1 atom stereocenters. The summed E-state index contributed by atoms with van der Waals surface area (Å²) in [5.41, 5.74) is 1.53. The van der Waals surface area contributed by atoms with Crippen LogP contribution in [0.3, 0.4) is 0 Å². The third-order valence-corrected chi connectivity index (χ3v) is 7.34. The zero-order chi connectivity index (χ0) is 27.2. The maximum Gasteiger partial charge on any atom is 0.244 e. The quantitative estimate of drug-likeness (QED) is 0.397. The highest BCUT2D eigenvalue weighted by Crippen LogP contribution is 2.25. The van der Waals surface area contributed by atoms with Gasteiger partial charge in [0.05, 0.1) is 17.0 Å². The topological polar surface area (TPSA) is 86.8 Å². The summed E-state index contributed by atoms with van der Waals surface area (Å²) in [4.78, 5) is 28.1. The molecular formula is C26H26Cl2FN3O4S. The number of anilines is 1. The van der Waals surface area contributed by atoms with Crippen molar-refractivity contribution in [2.24, 2.45) is 0 Å². The third-order valence-electron chi connectivity index (χ3n) is 5.65. The van der Waals surface area contributed by atoms with Gasteiger partial charge in [-0.2, -0.15) is 0 Å². The molecule has 196 valence electrons. The number of hydrogen-bond acceptors (Lipinski definition) is 4. The third kappa shape index (κ3) is 7.67. The number of halogens is 3. The molecule has 0 saturated heterocycles. The van der Waals surface area contributed by atoms with Crippen LogP contribution in [0.15, 0.2) is 72.8 Å². The molecule has 0 unspecified atom stereocenters. The van der Waals surface area contributed by atoms with Crippen molar-refractivity contribution < 1.29 is 22.4 Å². The number of amides is 2. The van der Waals surface area contributed by atoms with Gasteiger partial charge in [0.25, 0.3) is 0 Å². The minimum absolute atomic E-state index is 0.0166. The van der Waals surface area contributed by atoms with Crippen molar-refractivity contribution in [3.63, 3.8) is 0 Å². The Hall–Kier alpha value is -3.14. The fourth-order valence-electron chi connectivity index (χ4n) is 3.76. The molecule has 2 amide bonds. The lowest BCUT2D eigenvalue weighted by Gasteiger charge is -2.33. The maximum atomic E-state index is 13.8. The van der Waals surface area contributed by atoms with Gasteiger partial charge in [-0.25, -0.2) is 12.8 Å². The molecule has 7 nitrogen and oxygen atoms in total. The molecule has 0 spiro atoms. The Kier molecular flexibility index (Phi) is 9.53. The van der Waals surface area contributed by atoms with Crippen LogP contribution in [0.25, 0.3) is 0 Å². The van der Waals surface area contributed by atoms with Crippen LogP contribution in [0.5, 0.6) is 0 Å². The van der Waals surface area contributed by atoms with Crippen molar-refractivity contribution in [3.05, 3.63) is 99.8 Å². The first-order chi connectivity index (χ1) is 17.5. The Bertz CT molecular complexity index is 1360. The minimum Gasteiger partial charge on any atom is -0.357 e. The van der Waals surface area contributed by atoms with Crippen LogP contribution >= 0.6 is 23.2 Å². The highest BCUT2D eigenvalue weighted by Gasteiger charge is 2.32. The average Bonchev–Trinajstić information content (AvgIpc) is 2.87. The SMILES string of the molecule is CNC(=O)[C@H](Cc1ccccc1)N(Cc1ccc(Cl)cc1)C(=O)CN(c1ccc(F)c(Cl)c1)S(C)(=O)=O. The molecule has 3 aromatic carbocycles. The molecule has 3 rings (SSSR count). The summed E-state index contributed by atoms with van der Waals surface area (Å²) in [6.45, 7) is -0.612. The Morgan fingerprint density at radius 1 is 0.973 bits per heavy atom. The lowest BCUT2D eigenvalue weighted by atomic mass is 10.0. The number of nitrogens with zero attached hydrogens (tertiary/aromatic N) is 2. The number of nitrogens with one attached hydrogen (secondary N) is 1. The summed E-state index contributed by atoms with van der Waals surface area (Å²) in [6, 6.07) is 18.4. The van der Waals surface area contributed by atoms with Crippen LogP contribution in [0.2, 0.25) is 10.0 Å². The monoisotopic (exact) mass is 565 g/mol. The van der Waals surface area contributed by atoms with E-state index < -0.39 is 40.2 Å². The van der Waals surface area contributed by atoms with Gasteiger partial charge in [0, 0.05) is 25.0 Å². The lowest BCUT2D eigenvalue weighted by Crippen LogP contribution is -2.52. The Labute approximate surface area is 225 Å². The molecule has 0 heterocycles. The van der Waals surface area contributed by atoms with Crippen LogP contribution in [0.4, 0.5) is 10.1 Å². The second kappa shape index (κ2) is 12.4. The predicted octanol–water partition coefficient (Wildman–Crippen LogP) is 4.28. The van der Waals surface area contributed by atoms with Crippen LogP contribution in [0.1, 0.15) is 11.1 Å². The van der Waals surface area contributed by atoms with Gasteiger partial charge in [-0.3, -0.25) is 13.9 Å². The number of likely N-dealkylation sites (N-methyl/N-ethyl adjacent to an activating group) is 1. The van der Waals surface area contributed by atoms with Gasteiger partial charge in [-0.05, 0) is 41.5 Å². The molecule has 0 fully saturated rings. The Morgan fingerprint density at radius 2 is 1.62 bits per heavy atom. The van der Waals surface area contributed by atoms with Gasteiger partial charge in [0.1, 0.15) is 18.4 Å². The number of benzene rings is 3. The number of rotatable bonds is 10. The Balaban J connectivity index is 2.03. The predicted molar refractivity (Wildman–Crippen MR) is 144 cm³/mol. The van der Waals surface area contributed by atoms with Gasteiger partial charge >= 0.3 is 0 Å². The largest absolute Gasteiger partial charge is 0.357 e. The molecular weight excluding hydrogens is 540 g/mol. The first-order valence-corrected chi connectivity index (χ1v) is 13.8. The molecule has 3 aromatic rings. The highest BCUT2D eigenvalue weighted by atomic mass is 35.5. The summed E-state index contributed by atoms with van der Waals surface area (Å²) < 4.78 is 39.9. The second-order valence-corrected chi connectivity index (χ2v) is 11.1. The molecule has 1 N–H and O–H groups in total. The smallest absolute Gasteiger partial charge is 0.244 e. The van der Waals surface area contributed by atoms with E-state index in [1.807, 2.05) is 30.3 Å². The second-order valence-electron chi connectivity index (χ2n) is 8.34. The lowest BCUT2D eigenvalue weighted by molar-refractivity contribution is -0.139. The van der Waals surface area contributed by atoms with Gasteiger partial charge < -0.3 is 10.2 Å². The minimum atomic E-state index is -3.98. The van der Waals surface area contributed by atoms with E-state index >= 15 is 0 Å². The van der Waals surface area contributed by atoms with Gasteiger partial charge in [0.15, 0.2) is 0 Å². The normalized spacial score (nSPS) is 12.0. The van der Waals surface area contributed by atoms with Crippen LogP contribution in [-0.2, 0) is 32.6 Å². The average molecular weight is 566 g/mol. The standard InChI is InChI=1S/C26H26Cl2FN3O4S/c1-30-26(34)24(14-18-6-4-3-5-7-18)31(16-19-8-10-20(27)11-9-19)25(33)17-32(37(2,35)36)21-12-13-23(29)22(28)15-21/h3-13,15,24H,14,16-17H2,1-2H3,(H,30,34)/t24-/m0/s1. The maximum absolute atomic E-state index is 13.8. The number of sulfonamides is 1. The molecule has 0 aromatic heterocycles. The molecule has 0 aliphatic carbocycles. The molecule has 0 aliphatic rings. The van der Waals surface area contributed by atoms with Gasteiger partial charge in [-0.1, -0.05) is 65.7 Å². The van der Waals surface area contributed by atoms with Crippen molar-refractivity contribution in [1.82, 2.24) is 10.2 Å². The van der Waals surface area contributed by atoms with E-state index in [9.17, 15) is 22.4 Å². The molecule has 37 heavy (non-hydrogen) atoms. The Morgan fingerprint density at radius 3 is 2.19 bits per heavy atom. The van der Waals surface area contributed by atoms with Crippen molar-refractivity contribution in [2.75, 3.05) is 24.2 Å². The fraction of sp³-hybridized carbons (Fsp3) is 0.231. The van der Waals surface area contributed by atoms with Gasteiger partial charge in [0.2, 0.25) is 21.8 Å². The zero-order valence-corrected chi connectivity index (χ0v) is 22.5. The first-order valence-electron chi connectivity index (χ1n) is 11.2. The van der Waals surface area contributed by atoms with E-state index in [4.69, 9.17) is 23.2 Å². The number of carbonyl (C=O) groups excluding carboxylic acids is 2. The van der Waals surface area contributed by atoms with Crippen LogP contribution in [0, 0.1) is 5.82 Å². The summed E-state index contributed by atoms with van der Waals surface area (Å²) in [5.74, 6) is -1.77. The summed E-state index contributed by atoms with van der Waals surface area (Å²) in [6.07, 6.45) is 1.13. The van der Waals surface area contributed by atoms with Gasteiger partial charge in [-0.15, -0.1) is 0 Å². The fourth-order valence-corrected chi connectivity index (χ4v) is 4.90. The first kappa shape index (κ1) is 28.4. The van der Waals surface area contributed by atoms with Crippen LogP contribution < -0.4 is 9.62 Å². The molecule has 0 aliphatic heterocycles. The van der Waals surface area contributed by atoms with E-state index in [2.05, 4.69) is 5.32 Å². The molecule has 11 heteroatoms. The van der Waals surface area contributed by atoms with Crippen molar-refractivity contribution in [1.29, 1.82) is 0 Å². The van der Waals surface area contributed by atoms with Crippen molar-refractivity contribution in [2.45, 2.75) is 19.0 Å². The van der Waals surface area contributed by atoms with E-state index in [-0.39, 0.29) is 23.7 Å². The van der Waals surface area contributed by atoms with Crippen molar-refractivity contribution in [3.8, 4) is 0 Å². The summed E-state index contributed by atoms with van der Waals surface area (Å²) >= 11 is 11.9. The summed E-state index contributed by atoms with van der Waals surface area (Å²) in [5, 5.41) is 2.82. The molecule has 0 radical (unpaired) electrons. The van der Waals surface area contributed by atoms with E-state index in [0.717, 1.165) is 28.3 Å². The molecule has 0 saturated carbocycles. The van der Waals surface area contributed by atoms with E-state index in [1.165, 1.54) is 18.0 Å². The van der Waals surface area contributed by atoms with Crippen molar-refractivity contribution >= 4 is 50.7 Å². The molecule has 0 bridgehead atoms. The van der Waals surface area contributed by atoms with Crippen LogP contribution in [-0.4, -0.2) is 51.0 Å².